The van der Waals surface area contributed by atoms with Gasteiger partial charge in [-0.3, -0.25) is 19.3 Å². The van der Waals surface area contributed by atoms with Crippen LogP contribution in [0.25, 0.3) is 6.08 Å². The van der Waals surface area contributed by atoms with Crippen LogP contribution in [0.2, 0.25) is 20.1 Å². The second kappa shape index (κ2) is 12.3. The van der Waals surface area contributed by atoms with E-state index in [4.69, 9.17) is 55.9 Å². The maximum Gasteiger partial charge on any atom is 0.294 e. The molecule has 1 heterocycles. The van der Waals surface area contributed by atoms with Gasteiger partial charge in [0.2, 0.25) is 5.91 Å². The van der Waals surface area contributed by atoms with Crippen molar-refractivity contribution >= 4 is 87.0 Å². The van der Waals surface area contributed by atoms with E-state index in [2.05, 4.69) is 5.32 Å². The molecule has 0 atom stereocenters. The van der Waals surface area contributed by atoms with Gasteiger partial charge in [0.1, 0.15) is 18.9 Å². The first-order chi connectivity index (χ1) is 18.1. The number of methoxy groups -OCH3 is 1. The summed E-state index contributed by atoms with van der Waals surface area (Å²) in [6, 6.07) is 14.9. The molecule has 0 radical (unpaired) electrons. The number of halogens is 4. The maximum absolute atomic E-state index is 12.8. The molecule has 1 saturated heterocycles. The molecule has 3 aromatic rings. The van der Waals surface area contributed by atoms with Crippen LogP contribution >= 0.6 is 58.2 Å². The van der Waals surface area contributed by atoms with Crippen LogP contribution in [0.15, 0.2) is 59.5 Å². The Hall–Kier alpha value is -2.88. The number of carbonyl (C=O) groups excluding carboxylic acids is 3. The summed E-state index contributed by atoms with van der Waals surface area (Å²) in [5, 5.41) is 3.32. The van der Waals surface area contributed by atoms with Gasteiger partial charge in [0.25, 0.3) is 11.1 Å². The highest BCUT2D eigenvalue weighted by Crippen LogP contribution is 2.38. The minimum absolute atomic E-state index is 0.129. The average Bonchev–Trinajstić information content (AvgIpc) is 3.13. The lowest BCUT2D eigenvalue weighted by molar-refractivity contribution is -0.127. The van der Waals surface area contributed by atoms with Gasteiger partial charge >= 0.3 is 0 Å². The van der Waals surface area contributed by atoms with Crippen molar-refractivity contribution in [3.63, 3.8) is 0 Å². The molecule has 196 valence electrons. The molecule has 7 nitrogen and oxygen atoms in total. The lowest BCUT2D eigenvalue weighted by Gasteiger charge is -2.13. The molecule has 0 unspecified atom stereocenters. The van der Waals surface area contributed by atoms with Crippen molar-refractivity contribution in [1.29, 1.82) is 0 Å². The number of imide groups is 1. The second-order valence-corrected chi connectivity index (χ2v) is 10.5. The number of benzene rings is 3. The number of hydrogen-bond donors (Lipinski definition) is 1. The molecule has 1 N–H and O–H groups in total. The fourth-order valence-electron chi connectivity index (χ4n) is 3.39. The quantitative estimate of drug-likeness (QED) is 0.265. The van der Waals surface area contributed by atoms with Crippen molar-refractivity contribution in [1.82, 2.24) is 4.90 Å². The van der Waals surface area contributed by atoms with Crippen molar-refractivity contribution in [2.75, 3.05) is 19.0 Å². The highest BCUT2D eigenvalue weighted by atomic mass is 35.5. The van der Waals surface area contributed by atoms with Crippen LogP contribution in [-0.2, 0) is 16.2 Å². The Morgan fingerprint density at radius 3 is 2.26 bits per heavy atom. The number of nitrogens with zero attached hydrogens (tertiary/aromatic N) is 1. The predicted molar refractivity (Wildman–Crippen MR) is 152 cm³/mol. The van der Waals surface area contributed by atoms with Crippen LogP contribution in [0.1, 0.15) is 11.1 Å². The molecule has 12 heteroatoms. The Bertz CT molecular complexity index is 1420. The van der Waals surface area contributed by atoms with E-state index in [-0.39, 0.29) is 27.3 Å². The number of carbonyl (C=O) groups is 3. The number of amides is 3. The molecule has 0 bridgehead atoms. The molecule has 4 rings (SSSR count). The van der Waals surface area contributed by atoms with Gasteiger partial charge in [0, 0.05) is 5.69 Å². The van der Waals surface area contributed by atoms with Crippen LogP contribution in [-0.4, -0.2) is 35.6 Å². The number of nitrogens with one attached hydrogen (secondary N) is 1. The minimum atomic E-state index is -0.600. The number of hydrogen-bond acceptors (Lipinski definition) is 6. The zero-order chi connectivity index (χ0) is 27.4. The molecule has 3 aromatic carbocycles. The van der Waals surface area contributed by atoms with Crippen LogP contribution in [0.5, 0.6) is 11.5 Å². The van der Waals surface area contributed by atoms with E-state index in [1.807, 2.05) is 0 Å². The molecule has 0 saturated carbocycles. The Morgan fingerprint density at radius 2 is 1.63 bits per heavy atom. The standard InChI is InChI=1S/C26H18Cl4N2O5S/c1-36-17-5-3-16(4-6-17)31-23(33)12-32-25(34)22(38-26(32)35)11-15-9-20(29)24(21(30)10-15)37-13-14-2-7-18(27)19(28)8-14/h2-11H,12-13H2,1H3,(H,31,33)/b22-11+. The van der Waals surface area contributed by atoms with E-state index in [0.717, 1.165) is 22.2 Å². The lowest BCUT2D eigenvalue weighted by Crippen LogP contribution is -2.36. The topological polar surface area (TPSA) is 84.9 Å². The van der Waals surface area contributed by atoms with Gasteiger partial charge in [-0.2, -0.15) is 0 Å². The van der Waals surface area contributed by atoms with E-state index in [9.17, 15) is 14.4 Å². The Kier molecular flexibility index (Phi) is 9.12. The summed E-state index contributed by atoms with van der Waals surface area (Å²) in [5.41, 5.74) is 1.75. The summed E-state index contributed by atoms with van der Waals surface area (Å²) in [7, 11) is 1.53. The maximum atomic E-state index is 12.8. The van der Waals surface area contributed by atoms with E-state index >= 15 is 0 Å². The van der Waals surface area contributed by atoms with Crippen LogP contribution < -0.4 is 14.8 Å². The SMILES string of the molecule is COc1ccc(NC(=O)CN2C(=O)S/C(=C/c3cc(Cl)c(OCc4ccc(Cl)c(Cl)c4)c(Cl)c3)C2=O)cc1. The number of rotatable bonds is 8. The highest BCUT2D eigenvalue weighted by Gasteiger charge is 2.36. The zero-order valence-corrected chi connectivity index (χ0v) is 23.4. The molecular formula is C26H18Cl4N2O5S. The highest BCUT2D eigenvalue weighted by molar-refractivity contribution is 8.18. The van der Waals surface area contributed by atoms with Gasteiger partial charge in [0.15, 0.2) is 5.75 Å². The number of anilines is 1. The molecule has 1 aliphatic heterocycles. The summed E-state index contributed by atoms with van der Waals surface area (Å²) >= 11 is 25.5. The number of ether oxygens (including phenoxy) is 2. The van der Waals surface area contributed by atoms with E-state index in [1.54, 1.807) is 54.6 Å². The van der Waals surface area contributed by atoms with Gasteiger partial charge in [-0.15, -0.1) is 0 Å². The Labute approximate surface area is 242 Å². The average molecular weight is 612 g/mol. The van der Waals surface area contributed by atoms with Crippen molar-refractivity contribution in [3.8, 4) is 11.5 Å². The smallest absolute Gasteiger partial charge is 0.294 e. The van der Waals surface area contributed by atoms with Crippen LogP contribution in [0.4, 0.5) is 10.5 Å². The fraction of sp³-hybridized carbons (Fsp3) is 0.115. The first-order valence-electron chi connectivity index (χ1n) is 10.9. The number of thioether (sulfide) groups is 1. The Morgan fingerprint density at radius 1 is 0.947 bits per heavy atom. The van der Waals surface area contributed by atoms with Crippen molar-refractivity contribution < 1.29 is 23.9 Å². The third kappa shape index (κ3) is 6.76. The predicted octanol–water partition coefficient (Wildman–Crippen LogP) is 7.56. The van der Waals surface area contributed by atoms with E-state index in [1.165, 1.54) is 13.2 Å². The van der Waals surface area contributed by atoms with Gasteiger partial charge in [0.05, 0.1) is 32.1 Å². The van der Waals surface area contributed by atoms with Gasteiger partial charge in [-0.05, 0) is 77.5 Å². The molecule has 0 aromatic heterocycles. The lowest BCUT2D eigenvalue weighted by atomic mass is 10.2. The summed E-state index contributed by atoms with van der Waals surface area (Å²) in [6.07, 6.45) is 1.48. The summed E-state index contributed by atoms with van der Waals surface area (Å²) in [6.45, 7) is -0.288. The molecule has 3 amide bonds. The zero-order valence-electron chi connectivity index (χ0n) is 19.6. The van der Waals surface area contributed by atoms with Crippen molar-refractivity contribution in [2.45, 2.75) is 6.61 Å². The molecule has 0 aliphatic carbocycles. The fourth-order valence-corrected chi connectivity index (χ4v) is 5.16. The first kappa shape index (κ1) is 28.1. The summed E-state index contributed by atoms with van der Waals surface area (Å²) in [4.78, 5) is 38.7. The Balaban J connectivity index is 1.42. The molecule has 38 heavy (non-hydrogen) atoms. The normalized spacial score (nSPS) is 14.2. The molecular weight excluding hydrogens is 594 g/mol. The van der Waals surface area contributed by atoms with Gasteiger partial charge < -0.3 is 14.8 Å². The third-order valence-electron chi connectivity index (χ3n) is 5.23. The van der Waals surface area contributed by atoms with Gasteiger partial charge in [-0.1, -0.05) is 52.5 Å². The first-order valence-corrected chi connectivity index (χ1v) is 13.2. The third-order valence-corrected chi connectivity index (χ3v) is 7.44. The van der Waals surface area contributed by atoms with E-state index in [0.29, 0.717) is 27.0 Å². The van der Waals surface area contributed by atoms with Crippen molar-refractivity contribution in [2.24, 2.45) is 0 Å². The van der Waals surface area contributed by atoms with E-state index < -0.39 is 23.6 Å². The van der Waals surface area contributed by atoms with Gasteiger partial charge in [-0.25, -0.2) is 0 Å². The molecule has 1 fully saturated rings. The van der Waals surface area contributed by atoms with Crippen molar-refractivity contribution in [3.05, 3.63) is 90.7 Å². The summed E-state index contributed by atoms with van der Waals surface area (Å²) in [5.74, 6) is -0.240. The molecule has 0 spiro atoms. The minimum Gasteiger partial charge on any atom is -0.497 e. The monoisotopic (exact) mass is 610 g/mol. The second-order valence-electron chi connectivity index (χ2n) is 7.90. The summed E-state index contributed by atoms with van der Waals surface area (Å²) < 4.78 is 10.8. The van der Waals surface area contributed by atoms with Crippen LogP contribution in [0.3, 0.4) is 0 Å². The van der Waals surface area contributed by atoms with Crippen LogP contribution in [0, 0.1) is 0 Å². The molecule has 1 aliphatic rings. The largest absolute Gasteiger partial charge is 0.497 e.